The van der Waals surface area contributed by atoms with Crippen LogP contribution in [0.2, 0.25) is 0 Å². The fourth-order valence-electron chi connectivity index (χ4n) is 3.33. The maximum absolute atomic E-state index is 12.4. The van der Waals surface area contributed by atoms with Gasteiger partial charge in [0.05, 0.1) is 26.4 Å². The Kier molecular flexibility index (Phi) is 8.25. The number of unbranched alkanes of at least 4 members (excludes halogenated alkanes) is 3. The normalized spacial score (nSPS) is 14.5. The van der Waals surface area contributed by atoms with Crippen LogP contribution in [-0.4, -0.2) is 54.8 Å². The minimum atomic E-state index is -0.756. The highest BCUT2D eigenvalue weighted by Crippen LogP contribution is 2.27. The SMILES string of the molecule is CC1(COCCCCCCOc2ccc(C(=O)C(=O)c3ccc(O)c(O)c3)cc2)COC1. The van der Waals surface area contributed by atoms with Gasteiger partial charge in [0.1, 0.15) is 5.75 Å². The van der Waals surface area contributed by atoms with Gasteiger partial charge in [0.15, 0.2) is 11.5 Å². The lowest BCUT2D eigenvalue weighted by Gasteiger charge is -2.37. The number of hydrogen-bond acceptors (Lipinski definition) is 7. The first-order chi connectivity index (χ1) is 15.4. The number of carbonyl (C=O) groups excluding carboxylic acids is 2. The van der Waals surface area contributed by atoms with Gasteiger partial charge in [0.2, 0.25) is 11.6 Å². The van der Waals surface area contributed by atoms with Gasteiger partial charge in [-0.25, -0.2) is 0 Å². The third-order valence-corrected chi connectivity index (χ3v) is 5.36. The Morgan fingerprint density at radius 1 is 0.875 bits per heavy atom. The predicted molar refractivity (Wildman–Crippen MR) is 119 cm³/mol. The van der Waals surface area contributed by atoms with E-state index < -0.39 is 17.3 Å². The van der Waals surface area contributed by atoms with Gasteiger partial charge >= 0.3 is 0 Å². The molecule has 0 amide bonds. The number of phenols is 2. The molecule has 1 aliphatic rings. The molecule has 1 saturated heterocycles. The number of hydrogen-bond donors (Lipinski definition) is 2. The third-order valence-electron chi connectivity index (χ3n) is 5.36. The summed E-state index contributed by atoms with van der Waals surface area (Å²) in [5.41, 5.74) is 0.454. The lowest BCUT2D eigenvalue weighted by Crippen LogP contribution is -2.43. The van der Waals surface area contributed by atoms with E-state index in [1.165, 1.54) is 12.1 Å². The number of phenolic OH excluding ortho intramolecular Hbond substituents is 2. The van der Waals surface area contributed by atoms with Gasteiger partial charge in [-0.3, -0.25) is 9.59 Å². The molecule has 1 fully saturated rings. The molecular formula is C25H30O7. The average Bonchev–Trinajstić information content (AvgIpc) is 2.78. The van der Waals surface area contributed by atoms with Crippen molar-refractivity contribution in [1.82, 2.24) is 0 Å². The quantitative estimate of drug-likeness (QED) is 0.208. The zero-order valence-corrected chi connectivity index (χ0v) is 18.3. The highest BCUT2D eigenvalue weighted by Gasteiger charge is 2.33. The first-order valence-electron chi connectivity index (χ1n) is 10.9. The first-order valence-corrected chi connectivity index (χ1v) is 10.9. The average molecular weight is 443 g/mol. The lowest BCUT2D eigenvalue weighted by molar-refractivity contribution is -0.137. The summed E-state index contributed by atoms with van der Waals surface area (Å²) in [4.78, 5) is 24.7. The van der Waals surface area contributed by atoms with Crippen LogP contribution in [-0.2, 0) is 9.47 Å². The summed E-state index contributed by atoms with van der Waals surface area (Å²) in [6, 6.07) is 9.94. The minimum absolute atomic E-state index is 0.0160. The molecule has 2 aromatic rings. The van der Waals surface area contributed by atoms with Crippen LogP contribution in [0.3, 0.4) is 0 Å². The minimum Gasteiger partial charge on any atom is -0.504 e. The number of carbonyl (C=O) groups is 2. The molecule has 0 saturated carbocycles. The van der Waals surface area contributed by atoms with E-state index in [2.05, 4.69) is 6.92 Å². The molecule has 0 aromatic heterocycles. The van der Waals surface area contributed by atoms with E-state index in [9.17, 15) is 19.8 Å². The Morgan fingerprint density at radius 2 is 1.50 bits per heavy atom. The number of benzene rings is 2. The van der Waals surface area contributed by atoms with Crippen molar-refractivity contribution in [1.29, 1.82) is 0 Å². The summed E-state index contributed by atoms with van der Waals surface area (Å²) < 4.78 is 16.6. The fourth-order valence-corrected chi connectivity index (χ4v) is 3.33. The van der Waals surface area contributed by atoms with E-state index in [4.69, 9.17) is 14.2 Å². The monoisotopic (exact) mass is 442 g/mol. The van der Waals surface area contributed by atoms with Crippen molar-refractivity contribution >= 4 is 11.6 Å². The Bertz CT molecular complexity index is 916. The smallest absolute Gasteiger partial charge is 0.233 e. The van der Waals surface area contributed by atoms with Gasteiger partial charge < -0.3 is 24.4 Å². The molecule has 1 aliphatic heterocycles. The standard InChI is InChI=1S/C25H30O7/c1-25(16-31-17-25)15-30-12-4-2-3-5-13-32-20-9-6-18(7-10-20)23(28)24(29)19-8-11-21(26)22(27)14-19/h6-11,14,26-27H,2-5,12-13,15-17H2,1H3. The van der Waals surface area contributed by atoms with Gasteiger partial charge in [-0.05, 0) is 61.7 Å². The lowest BCUT2D eigenvalue weighted by atomic mass is 9.90. The van der Waals surface area contributed by atoms with Crippen molar-refractivity contribution in [2.24, 2.45) is 5.41 Å². The topological polar surface area (TPSA) is 102 Å². The summed E-state index contributed by atoms with van der Waals surface area (Å²) in [5, 5.41) is 18.8. The first kappa shape index (κ1) is 23.8. The molecule has 7 nitrogen and oxygen atoms in total. The summed E-state index contributed by atoms with van der Waals surface area (Å²) in [6.45, 7) is 5.87. The van der Waals surface area contributed by atoms with Crippen molar-refractivity contribution in [2.75, 3.05) is 33.0 Å². The summed E-state index contributed by atoms with van der Waals surface area (Å²) in [5.74, 6) is -1.61. The van der Waals surface area contributed by atoms with Crippen LogP contribution < -0.4 is 4.74 Å². The van der Waals surface area contributed by atoms with Crippen LogP contribution in [0.25, 0.3) is 0 Å². The third kappa shape index (κ3) is 6.55. The van der Waals surface area contributed by atoms with Crippen LogP contribution in [0, 0.1) is 5.41 Å². The van der Waals surface area contributed by atoms with Crippen LogP contribution in [0.5, 0.6) is 17.2 Å². The van der Waals surface area contributed by atoms with Gasteiger partial charge in [-0.2, -0.15) is 0 Å². The molecule has 0 aliphatic carbocycles. The molecular weight excluding hydrogens is 412 g/mol. The molecule has 3 rings (SSSR count). The molecule has 0 spiro atoms. The van der Waals surface area contributed by atoms with E-state index in [-0.39, 0.29) is 22.3 Å². The van der Waals surface area contributed by atoms with E-state index in [0.29, 0.717) is 12.4 Å². The Hall–Kier alpha value is -2.90. The van der Waals surface area contributed by atoms with Gasteiger partial charge in [-0.15, -0.1) is 0 Å². The number of aromatic hydroxyl groups is 2. The summed E-state index contributed by atoms with van der Waals surface area (Å²) in [7, 11) is 0. The highest BCUT2D eigenvalue weighted by atomic mass is 16.5. The molecule has 2 N–H and O–H groups in total. The van der Waals surface area contributed by atoms with Crippen LogP contribution in [0.15, 0.2) is 42.5 Å². The highest BCUT2D eigenvalue weighted by molar-refractivity contribution is 6.49. The Balaban J connectivity index is 1.32. The second-order valence-corrected chi connectivity index (χ2v) is 8.50. The largest absolute Gasteiger partial charge is 0.504 e. The van der Waals surface area contributed by atoms with Gasteiger partial charge in [-0.1, -0.05) is 13.3 Å². The van der Waals surface area contributed by atoms with Crippen LogP contribution in [0.4, 0.5) is 0 Å². The summed E-state index contributed by atoms with van der Waals surface area (Å²) in [6.07, 6.45) is 4.09. The molecule has 172 valence electrons. The molecule has 2 aromatic carbocycles. The maximum Gasteiger partial charge on any atom is 0.233 e. The number of ketones is 2. The second-order valence-electron chi connectivity index (χ2n) is 8.50. The zero-order valence-electron chi connectivity index (χ0n) is 18.3. The van der Waals surface area contributed by atoms with E-state index in [1.54, 1.807) is 24.3 Å². The molecule has 7 heteroatoms. The van der Waals surface area contributed by atoms with E-state index in [0.717, 1.165) is 58.2 Å². The molecule has 0 unspecified atom stereocenters. The molecule has 0 radical (unpaired) electrons. The van der Waals surface area contributed by atoms with E-state index >= 15 is 0 Å². The van der Waals surface area contributed by atoms with Crippen molar-refractivity contribution in [2.45, 2.75) is 32.6 Å². The maximum atomic E-state index is 12.4. The van der Waals surface area contributed by atoms with Crippen molar-refractivity contribution in [3.63, 3.8) is 0 Å². The van der Waals surface area contributed by atoms with Crippen LogP contribution >= 0.6 is 0 Å². The van der Waals surface area contributed by atoms with Crippen molar-refractivity contribution in [3.8, 4) is 17.2 Å². The van der Waals surface area contributed by atoms with Gasteiger partial charge in [0, 0.05) is 23.1 Å². The Labute approximate surface area is 187 Å². The van der Waals surface area contributed by atoms with Gasteiger partial charge in [0.25, 0.3) is 0 Å². The van der Waals surface area contributed by atoms with E-state index in [1.807, 2.05) is 0 Å². The number of Topliss-reactive ketones (excluding diaryl/α,β-unsaturated/α-hetero) is 2. The second kappa shape index (κ2) is 11.1. The van der Waals surface area contributed by atoms with Crippen molar-refractivity contribution in [3.05, 3.63) is 53.6 Å². The van der Waals surface area contributed by atoms with Crippen LogP contribution in [0.1, 0.15) is 53.3 Å². The molecule has 32 heavy (non-hydrogen) atoms. The predicted octanol–water partition coefficient (Wildman–Crippen LogP) is 4.16. The summed E-state index contributed by atoms with van der Waals surface area (Å²) >= 11 is 0. The molecule has 0 atom stereocenters. The van der Waals surface area contributed by atoms with Crippen molar-refractivity contribution < 1.29 is 34.0 Å². The Morgan fingerprint density at radius 3 is 2.12 bits per heavy atom. The number of ether oxygens (including phenoxy) is 3. The zero-order chi connectivity index (χ0) is 23.0. The fraction of sp³-hybridized carbons (Fsp3) is 0.440. The number of rotatable bonds is 13. The molecule has 1 heterocycles. The molecule has 0 bridgehead atoms.